The molecule has 1 N–H and O–H groups in total. The molecule has 9 heteroatoms. The van der Waals surface area contributed by atoms with Crippen molar-refractivity contribution >= 4 is 38.7 Å². The molecule has 4 aromatic heterocycles. The Kier molecular flexibility index (Phi) is 5.74. The number of hydrogen-bond donors (Lipinski definition) is 1. The lowest BCUT2D eigenvalue weighted by molar-refractivity contribution is 0.203. The van der Waals surface area contributed by atoms with Gasteiger partial charge in [-0.2, -0.15) is 9.61 Å². The second-order valence-electron chi connectivity index (χ2n) is 7.49. The number of pyridine rings is 1. The Labute approximate surface area is 187 Å². The summed E-state index contributed by atoms with van der Waals surface area (Å²) in [6, 6.07) is 6.18. The van der Waals surface area contributed by atoms with Gasteiger partial charge >= 0.3 is 0 Å². The summed E-state index contributed by atoms with van der Waals surface area (Å²) in [5.41, 5.74) is 3.11. The number of nitrogens with zero attached hydrogens (tertiary/aromatic N) is 6. The van der Waals surface area contributed by atoms with E-state index in [0.29, 0.717) is 12.5 Å². The first-order valence-electron chi connectivity index (χ1n) is 10.0. The maximum absolute atomic E-state index is 4.95. The first-order chi connectivity index (χ1) is 14.8. The van der Waals surface area contributed by atoms with E-state index < -0.39 is 0 Å². The summed E-state index contributed by atoms with van der Waals surface area (Å²) < 4.78 is 2.77. The Bertz CT molecular complexity index is 1110. The van der Waals surface area contributed by atoms with Crippen LogP contribution in [0.4, 0.5) is 5.82 Å². The van der Waals surface area contributed by atoms with Gasteiger partial charge in [0.05, 0.1) is 17.2 Å². The summed E-state index contributed by atoms with van der Waals surface area (Å²) in [5, 5.41) is 11.2. The molecule has 1 aliphatic heterocycles. The molecule has 0 aliphatic carbocycles. The minimum atomic E-state index is 0.447. The second kappa shape index (κ2) is 8.79. The fourth-order valence-corrected chi connectivity index (χ4v) is 4.90. The highest BCUT2D eigenvalue weighted by molar-refractivity contribution is 9.10. The fraction of sp³-hybridized carbons (Fsp3) is 0.333. The fourth-order valence-electron chi connectivity index (χ4n) is 3.89. The van der Waals surface area contributed by atoms with Crippen LogP contribution >= 0.6 is 27.3 Å². The molecule has 5 rings (SSSR count). The summed E-state index contributed by atoms with van der Waals surface area (Å²) in [6.07, 6.45) is 9.55. The predicted octanol–water partition coefficient (Wildman–Crippen LogP) is 4.34. The van der Waals surface area contributed by atoms with E-state index in [0.717, 1.165) is 59.7 Å². The number of aromatic nitrogens is 5. The van der Waals surface area contributed by atoms with Gasteiger partial charge in [-0.25, -0.2) is 9.97 Å². The minimum absolute atomic E-state index is 0.447. The van der Waals surface area contributed by atoms with Crippen LogP contribution < -0.4 is 5.32 Å². The van der Waals surface area contributed by atoms with Gasteiger partial charge in [0.15, 0.2) is 5.65 Å². The van der Waals surface area contributed by atoms with Gasteiger partial charge in [0.25, 0.3) is 0 Å². The van der Waals surface area contributed by atoms with Crippen molar-refractivity contribution in [1.29, 1.82) is 0 Å². The molecule has 154 valence electrons. The number of piperidine rings is 1. The maximum atomic E-state index is 4.95. The van der Waals surface area contributed by atoms with Crippen LogP contribution in [0.25, 0.3) is 5.65 Å². The number of hydrogen-bond acceptors (Lipinski definition) is 7. The third-order valence-corrected chi connectivity index (χ3v) is 6.82. The quantitative estimate of drug-likeness (QED) is 0.439. The zero-order chi connectivity index (χ0) is 20.3. The molecule has 1 saturated heterocycles. The van der Waals surface area contributed by atoms with Gasteiger partial charge in [0, 0.05) is 48.2 Å². The van der Waals surface area contributed by atoms with Crippen LogP contribution in [0, 0.1) is 0 Å². The van der Waals surface area contributed by atoms with Crippen LogP contribution in [-0.2, 0) is 13.1 Å². The molecule has 1 aliphatic rings. The van der Waals surface area contributed by atoms with Gasteiger partial charge in [0.1, 0.15) is 10.8 Å². The Morgan fingerprint density at radius 3 is 2.87 bits per heavy atom. The zero-order valence-corrected chi connectivity index (χ0v) is 18.8. The lowest BCUT2D eigenvalue weighted by Crippen LogP contribution is -2.32. The predicted molar refractivity (Wildman–Crippen MR) is 122 cm³/mol. The number of fused-ring (bicyclic) bond motifs is 1. The standard InChI is InChI=1S/C21H22BrN7S/c22-17-13-26-29-19(25-12-15-2-1-5-23-11-15)10-18(27-21(17)29)16-3-7-28(8-4-16)14-20-24-6-9-30-20/h1-2,5-6,9-11,13,16,25H,3-4,7-8,12,14H2. The van der Waals surface area contributed by atoms with Crippen LogP contribution in [-0.4, -0.2) is 42.6 Å². The van der Waals surface area contributed by atoms with Crippen molar-refractivity contribution in [2.45, 2.75) is 31.8 Å². The van der Waals surface area contributed by atoms with Gasteiger partial charge in [-0.05, 0) is 53.5 Å². The number of anilines is 1. The zero-order valence-electron chi connectivity index (χ0n) is 16.4. The molecule has 0 amide bonds. The normalized spacial score (nSPS) is 15.6. The van der Waals surface area contributed by atoms with Crippen molar-refractivity contribution < 1.29 is 0 Å². The van der Waals surface area contributed by atoms with Gasteiger partial charge in [-0.1, -0.05) is 6.07 Å². The molecule has 0 unspecified atom stereocenters. The van der Waals surface area contributed by atoms with E-state index in [4.69, 9.17) is 4.98 Å². The third-order valence-electron chi connectivity index (χ3n) is 5.49. The molecule has 0 aromatic carbocycles. The molecule has 1 fully saturated rings. The van der Waals surface area contributed by atoms with Gasteiger partial charge in [-0.15, -0.1) is 11.3 Å². The molecule has 0 radical (unpaired) electrons. The van der Waals surface area contributed by atoms with E-state index in [1.807, 2.05) is 28.4 Å². The van der Waals surface area contributed by atoms with Gasteiger partial charge < -0.3 is 5.32 Å². The number of nitrogens with one attached hydrogen (secondary N) is 1. The average Bonchev–Trinajstić information content (AvgIpc) is 3.43. The van der Waals surface area contributed by atoms with Crippen LogP contribution in [0.2, 0.25) is 0 Å². The highest BCUT2D eigenvalue weighted by Gasteiger charge is 2.24. The van der Waals surface area contributed by atoms with E-state index in [2.05, 4.69) is 53.3 Å². The molecule has 7 nitrogen and oxygen atoms in total. The van der Waals surface area contributed by atoms with E-state index in [1.165, 1.54) is 5.01 Å². The monoisotopic (exact) mass is 483 g/mol. The van der Waals surface area contributed by atoms with Gasteiger partial charge in [-0.3, -0.25) is 9.88 Å². The molecule has 0 spiro atoms. The summed E-state index contributed by atoms with van der Waals surface area (Å²) >= 11 is 5.33. The number of likely N-dealkylation sites (tertiary alicyclic amines) is 1. The van der Waals surface area contributed by atoms with E-state index in [9.17, 15) is 0 Å². The van der Waals surface area contributed by atoms with Crippen molar-refractivity contribution in [2.24, 2.45) is 0 Å². The number of rotatable bonds is 6. The van der Waals surface area contributed by atoms with Crippen molar-refractivity contribution in [2.75, 3.05) is 18.4 Å². The van der Waals surface area contributed by atoms with E-state index in [-0.39, 0.29) is 0 Å². The van der Waals surface area contributed by atoms with Crippen LogP contribution in [0.3, 0.4) is 0 Å². The van der Waals surface area contributed by atoms with Crippen molar-refractivity contribution in [3.63, 3.8) is 0 Å². The number of halogens is 1. The highest BCUT2D eigenvalue weighted by atomic mass is 79.9. The molecular formula is C21H22BrN7S. The topological polar surface area (TPSA) is 71.2 Å². The lowest BCUT2D eigenvalue weighted by Gasteiger charge is -2.31. The average molecular weight is 484 g/mol. The third kappa shape index (κ3) is 4.23. The highest BCUT2D eigenvalue weighted by Crippen LogP contribution is 2.31. The first kappa shape index (κ1) is 19.6. The summed E-state index contributed by atoms with van der Waals surface area (Å²) in [7, 11) is 0. The second-order valence-corrected chi connectivity index (χ2v) is 9.32. The summed E-state index contributed by atoms with van der Waals surface area (Å²) in [6.45, 7) is 3.77. The van der Waals surface area contributed by atoms with Crippen LogP contribution in [0.5, 0.6) is 0 Å². The van der Waals surface area contributed by atoms with E-state index in [1.54, 1.807) is 23.7 Å². The maximum Gasteiger partial charge on any atom is 0.171 e. The Hall–Kier alpha value is -2.36. The summed E-state index contributed by atoms with van der Waals surface area (Å²) in [5.74, 6) is 1.40. The van der Waals surface area contributed by atoms with Gasteiger partial charge in [0.2, 0.25) is 0 Å². The Balaban J connectivity index is 1.33. The molecular weight excluding hydrogens is 462 g/mol. The SMILES string of the molecule is Brc1cnn2c(NCc3cccnc3)cc(C3CCN(Cc4nccs4)CC3)nc12. The molecule has 5 heterocycles. The Morgan fingerprint density at radius 1 is 1.20 bits per heavy atom. The summed E-state index contributed by atoms with van der Waals surface area (Å²) in [4.78, 5) is 16.1. The van der Waals surface area contributed by atoms with Crippen LogP contribution in [0.1, 0.15) is 35.0 Å². The molecule has 0 bridgehead atoms. The largest absolute Gasteiger partial charge is 0.366 e. The van der Waals surface area contributed by atoms with Crippen molar-refractivity contribution in [3.8, 4) is 0 Å². The van der Waals surface area contributed by atoms with Crippen LogP contribution in [0.15, 0.2) is 52.8 Å². The van der Waals surface area contributed by atoms with E-state index >= 15 is 0 Å². The first-order valence-corrected chi connectivity index (χ1v) is 11.7. The van der Waals surface area contributed by atoms with Crippen molar-refractivity contribution in [1.82, 2.24) is 29.5 Å². The lowest BCUT2D eigenvalue weighted by atomic mass is 9.93. The Morgan fingerprint density at radius 2 is 2.10 bits per heavy atom. The van der Waals surface area contributed by atoms with Crippen molar-refractivity contribution in [3.05, 3.63) is 69.1 Å². The molecule has 0 saturated carbocycles. The molecule has 0 atom stereocenters. The smallest absolute Gasteiger partial charge is 0.171 e. The molecule has 30 heavy (non-hydrogen) atoms. The molecule has 4 aromatic rings. The minimum Gasteiger partial charge on any atom is -0.366 e. The number of thiazole rings is 1.